The molecule has 4 nitrogen and oxygen atoms in total. The highest BCUT2D eigenvalue weighted by Crippen LogP contribution is 2.33. The van der Waals surface area contributed by atoms with Crippen LogP contribution in [0, 0.1) is 0 Å². The van der Waals surface area contributed by atoms with Crippen LogP contribution in [0.4, 0.5) is 0 Å². The summed E-state index contributed by atoms with van der Waals surface area (Å²) in [5.41, 5.74) is 6.16. The molecule has 17 heavy (non-hydrogen) atoms. The molecule has 102 valence electrons. The van der Waals surface area contributed by atoms with Crippen molar-refractivity contribution in [2.24, 2.45) is 5.73 Å². The third-order valence-electron chi connectivity index (χ3n) is 4.14. The Balaban J connectivity index is 2.53. The maximum Gasteiger partial charge on any atom is 0.0589 e. The second kappa shape index (κ2) is 7.31. The van der Waals surface area contributed by atoms with Crippen molar-refractivity contribution in [2.45, 2.75) is 43.7 Å². The van der Waals surface area contributed by atoms with Crippen LogP contribution < -0.4 is 5.73 Å². The lowest BCUT2D eigenvalue weighted by molar-refractivity contribution is -0.0138. The summed E-state index contributed by atoms with van der Waals surface area (Å²) in [5, 5.41) is 0. The molecule has 0 amide bonds. The molecule has 0 aromatic carbocycles. The molecular weight excluding hydrogens is 216 g/mol. The SMILES string of the molecule is COCCCN(C)C1(CN)CCCC(OC)C1. The van der Waals surface area contributed by atoms with E-state index in [0.717, 1.165) is 32.5 Å². The minimum Gasteiger partial charge on any atom is -0.385 e. The third-order valence-corrected chi connectivity index (χ3v) is 4.14. The largest absolute Gasteiger partial charge is 0.385 e. The van der Waals surface area contributed by atoms with Gasteiger partial charge in [-0.25, -0.2) is 0 Å². The van der Waals surface area contributed by atoms with Gasteiger partial charge in [0.2, 0.25) is 0 Å². The Bertz CT molecular complexity index is 214. The summed E-state index contributed by atoms with van der Waals surface area (Å²) in [6, 6.07) is 0. The third kappa shape index (κ3) is 3.91. The highest BCUT2D eigenvalue weighted by Gasteiger charge is 2.38. The van der Waals surface area contributed by atoms with Crippen LogP contribution in [0.3, 0.4) is 0 Å². The second-order valence-corrected chi connectivity index (χ2v) is 5.15. The standard InChI is InChI=1S/C13H28N2O2/c1-15(8-5-9-16-2)13(11-14)7-4-6-12(10-13)17-3/h12H,4-11,14H2,1-3H3. The fourth-order valence-corrected chi connectivity index (χ4v) is 2.86. The zero-order valence-electron chi connectivity index (χ0n) is 11.6. The number of ether oxygens (including phenoxy) is 2. The first-order valence-electron chi connectivity index (χ1n) is 6.61. The number of hydrogen-bond donors (Lipinski definition) is 1. The van der Waals surface area contributed by atoms with Gasteiger partial charge in [-0.2, -0.15) is 0 Å². The van der Waals surface area contributed by atoms with Crippen LogP contribution in [0.5, 0.6) is 0 Å². The second-order valence-electron chi connectivity index (χ2n) is 5.15. The van der Waals surface area contributed by atoms with Gasteiger partial charge < -0.3 is 15.2 Å². The lowest BCUT2D eigenvalue weighted by Crippen LogP contribution is -2.56. The molecule has 1 rings (SSSR count). The van der Waals surface area contributed by atoms with Crippen molar-refractivity contribution in [2.75, 3.05) is 41.0 Å². The van der Waals surface area contributed by atoms with Gasteiger partial charge in [-0.05, 0) is 39.2 Å². The van der Waals surface area contributed by atoms with Crippen LogP contribution in [-0.2, 0) is 9.47 Å². The molecule has 1 aliphatic rings. The van der Waals surface area contributed by atoms with Gasteiger partial charge in [0, 0.05) is 39.5 Å². The monoisotopic (exact) mass is 244 g/mol. The Hall–Kier alpha value is -0.160. The summed E-state index contributed by atoms with van der Waals surface area (Å²) in [6.45, 7) is 2.58. The number of nitrogens with zero attached hydrogens (tertiary/aromatic N) is 1. The molecule has 2 atom stereocenters. The van der Waals surface area contributed by atoms with E-state index in [9.17, 15) is 0 Å². The Morgan fingerprint density at radius 3 is 2.76 bits per heavy atom. The summed E-state index contributed by atoms with van der Waals surface area (Å²) in [6.07, 6.45) is 6.06. The molecule has 0 heterocycles. The highest BCUT2D eigenvalue weighted by atomic mass is 16.5. The van der Waals surface area contributed by atoms with Crippen molar-refractivity contribution in [3.63, 3.8) is 0 Å². The lowest BCUT2D eigenvalue weighted by atomic mass is 9.79. The summed E-state index contributed by atoms with van der Waals surface area (Å²) < 4.78 is 10.6. The van der Waals surface area contributed by atoms with E-state index in [-0.39, 0.29) is 5.54 Å². The fraction of sp³-hybridized carbons (Fsp3) is 1.00. The maximum atomic E-state index is 6.03. The molecule has 0 aromatic heterocycles. The number of hydrogen-bond acceptors (Lipinski definition) is 4. The van der Waals surface area contributed by atoms with Crippen molar-refractivity contribution in [1.82, 2.24) is 4.90 Å². The van der Waals surface area contributed by atoms with Crippen molar-refractivity contribution >= 4 is 0 Å². The predicted octanol–water partition coefficient (Wildman–Crippen LogP) is 1.24. The zero-order chi connectivity index (χ0) is 12.7. The molecule has 0 radical (unpaired) electrons. The number of rotatable bonds is 7. The van der Waals surface area contributed by atoms with Crippen LogP contribution >= 0.6 is 0 Å². The zero-order valence-corrected chi connectivity index (χ0v) is 11.6. The Labute approximate surface area is 105 Å². The van der Waals surface area contributed by atoms with E-state index >= 15 is 0 Å². The summed E-state index contributed by atoms with van der Waals surface area (Å²) in [7, 11) is 5.74. The van der Waals surface area contributed by atoms with E-state index in [1.54, 1.807) is 7.11 Å². The molecule has 0 spiro atoms. The summed E-state index contributed by atoms with van der Waals surface area (Å²) in [4.78, 5) is 2.41. The first kappa shape index (κ1) is 14.9. The molecule has 2 unspecified atom stereocenters. The topological polar surface area (TPSA) is 47.7 Å². The Kier molecular flexibility index (Phi) is 6.41. The predicted molar refractivity (Wildman–Crippen MR) is 70.2 cm³/mol. The minimum absolute atomic E-state index is 0.132. The average Bonchev–Trinajstić information content (AvgIpc) is 2.38. The molecule has 2 N–H and O–H groups in total. The number of likely N-dealkylation sites (N-methyl/N-ethyl adjacent to an activating group) is 1. The molecule has 0 aliphatic heterocycles. The average molecular weight is 244 g/mol. The molecule has 0 aromatic rings. The maximum absolute atomic E-state index is 6.03. The quantitative estimate of drug-likeness (QED) is 0.685. The minimum atomic E-state index is 0.132. The molecule has 1 aliphatic carbocycles. The van der Waals surface area contributed by atoms with E-state index in [2.05, 4.69) is 11.9 Å². The molecule has 4 heteroatoms. The van der Waals surface area contributed by atoms with E-state index in [1.807, 2.05) is 7.11 Å². The van der Waals surface area contributed by atoms with Gasteiger partial charge in [0.25, 0.3) is 0 Å². The smallest absolute Gasteiger partial charge is 0.0589 e. The normalized spacial score (nSPS) is 29.8. The lowest BCUT2D eigenvalue weighted by Gasteiger charge is -2.46. The van der Waals surface area contributed by atoms with E-state index < -0.39 is 0 Å². The first-order chi connectivity index (χ1) is 8.18. The van der Waals surface area contributed by atoms with Crippen LogP contribution in [-0.4, -0.2) is 57.5 Å². The summed E-state index contributed by atoms with van der Waals surface area (Å²) in [5.74, 6) is 0. The van der Waals surface area contributed by atoms with E-state index in [1.165, 1.54) is 19.3 Å². The van der Waals surface area contributed by atoms with Crippen LogP contribution in [0.25, 0.3) is 0 Å². The Morgan fingerprint density at radius 2 is 2.18 bits per heavy atom. The molecule has 1 fully saturated rings. The van der Waals surface area contributed by atoms with Crippen molar-refractivity contribution in [3.05, 3.63) is 0 Å². The van der Waals surface area contributed by atoms with Crippen molar-refractivity contribution in [1.29, 1.82) is 0 Å². The molecule has 1 saturated carbocycles. The van der Waals surface area contributed by atoms with Gasteiger partial charge in [-0.3, -0.25) is 4.90 Å². The van der Waals surface area contributed by atoms with Crippen LogP contribution in [0.2, 0.25) is 0 Å². The van der Waals surface area contributed by atoms with Gasteiger partial charge >= 0.3 is 0 Å². The van der Waals surface area contributed by atoms with Gasteiger partial charge in [-0.1, -0.05) is 0 Å². The Morgan fingerprint density at radius 1 is 1.41 bits per heavy atom. The number of methoxy groups -OCH3 is 2. The molecular formula is C13H28N2O2. The molecule has 0 bridgehead atoms. The van der Waals surface area contributed by atoms with E-state index in [4.69, 9.17) is 15.2 Å². The van der Waals surface area contributed by atoms with Crippen molar-refractivity contribution < 1.29 is 9.47 Å². The van der Waals surface area contributed by atoms with Crippen molar-refractivity contribution in [3.8, 4) is 0 Å². The van der Waals surface area contributed by atoms with Crippen LogP contribution in [0.1, 0.15) is 32.1 Å². The highest BCUT2D eigenvalue weighted by molar-refractivity contribution is 4.96. The van der Waals surface area contributed by atoms with Gasteiger partial charge in [0.05, 0.1) is 6.10 Å². The molecule has 0 saturated heterocycles. The van der Waals surface area contributed by atoms with Gasteiger partial charge in [-0.15, -0.1) is 0 Å². The number of nitrogens with two attached hydrogens (primary N) is 1. The fourth-order valence-electron chi connectivity index (χ4n) is 2.86. The van der Waals surface area contributed by atoms with Gasteiger partial charge in [0.15, 0.2) is 0 Å². The summed E-state index contributed by atoms with van der Waals surface area (Å²) >= 11 is 0. The van der Waals surface area contributed by atoms with E-state index in [0.29, 0.717) is 6.10 Å². The van der Waals surface area contributed by atoms with Crippen LogP contribution in [0.15, 0.2) is 0 Å². The van der Waals surface area contributed by atoms with Gasteiger partial charge in [0.1, 0.15) is 0 Å². The first-order valence-corrected chi connectivity index (χ1v) is 6.61.